The molecule has 0 saturated heterocycles. The molecule has 0 radical (unpaired) electrons. The first-order valence-corrected chi connectivity index (χ1v) is 9.39. The van der Waals surface area contributed by atoms with Crippen molar-refractivity contribution in [1.82, 2.24) is 15.4 Å². The second-order valence-electron chi connectivity index (χ2n) is 7.63. The largest absolute Gasteiger partial charge is 0.305 e. The standard InChI is InChI=1S/C23H25N3O3/c1-14-7-17(13-26(3)4)9-18(8-14)22(27)11-16-5-6-21-19(10-16)15(2)20(12-24-21)23(28)25-29/h5-10,12,29H,11,13H2,1-4H3,(H,25,28). The minimum absolute atomic E-state index is 0.0444. The molecular weight excluding hydrogens is 366 g/mol. The van der Waals surface area contributed by atoms with Gasteiger partial charge in [0.05, 0.1) is 11.1 Å². The summed E-state index contributed by atoms with van der Waals surface area (Å²) in [5.41, 5.74) is 7.11. The Morgan fingerprint density at radius 1 is 1.07 bits per heavy atom. The number of Topliss-reactive ketones (excluding diaryl/α,β-unsaturated/α-hetero) is 1. The SMILES string of the molecule is Cc1cc(CN(C)C)cc(C(=O)Cc2ccc3ncc(C(=O)NO)c(C)c3c2)c1. The number of fused-ring (bicyclic) bond motifs is 1. The van der Waals surface area contributed by atoms with Gasteiger partial charge >= 0.3 is 0 Å². The summed E-state index contributed by atoms with van der Waals surface area (Å²) in [6.07, 6.45) is 1.70. The van der Waals surface area contributed by atoms with Crippen LogP contribution in [0.3, 0.4) is 0 Å². The number of nitrogens with zero attached hydrogens (tertiary/aromatic N) is 2. The van der Waals surface area contributed by atoms with Crippen LogP contribution in [0.1, 0.15) is 43.0 Å². The van der Waals surface area contributed by atoms with Gasteiger partial charge in [0, 0.05) is 30.1 Å². The lowest BCUT2D eigenvalue weighted by molar-refractivity contribution is 0.0705. The monoisotopic (exact) mass is 391 g/mol. The number of pyridine rings is 1. The molecule has 0 aliphatic heterocycles. The van der Waals surface area contributed by atoms with Crippen molar-refractivity contribution in [2.75, 3.05) is 14.1 Å². The van der Waals surface area contributed by atoms with Crippen molar-refractivity contribution >= 4 is 22.6 Å². The molecule has 0 fully saturated rings. The Labute approximate surface area is 170 Å². The summed E-state index contributed by atoms with van der Waals surface area (Å²) in [5.74, 6) is -0.561. The highest BCUT2D eigenvalue weighted by molar-refractivity contribution is 6.00. The summed E-state index contributed by atoms with van der Waals surface area (Å²) >= 11 is 0. The molecule has 29 heavy (non-hydrogen) atoms. The van der Waals surface area contributed by atoms with Crippen molar-refractivity contribution in [3.05, 3.63) is 76.0 Å². The van der Waals surface area contributed by atoms with Gasteiger partial charge in [0.15, 0.2) is 5.78 Å². The summed E-state index contributed by atoms with van der Waals surface area (Å²) in [7, 11) is 4.00. The average molecular weight is 391 g/mol. The first-order chi connectivity index (χ1) is 13.8. The van der Waals surface area contributed by atoms with E-state index in [2.05, 4.69) is 16.0 Å². The van der Waals surface area contributed by atoms with Crippen molar-refractivity contribution in [3.8, 4) is 0 Å². The zero-order valence-electron chi connectivity index (χ0n) is 17.1. The number of rotatable bonds is 6. The fourth-order valence-corrected chi connectivity index (χ4v) is 3.54. The van der Waals surface area contributed by atoms with Crippen molar-refractivity contribution < 1.29 is 14.8 Å². The molecule has 0 spiro atoms. The third kappa shape index (κ3) is 4.67. The molecule has 150 valence electrons. The fraction of sp³-hybridized carbons (Fsp3) is 0.261. The molecule has 1 aromatic heterocycles. The summed E-state index contributed by atoms with van der Waals surface area (Å²) < 4.78 is 0. The summed E-state index contributed by atoms with van der Waals surface area (Å²) in [5, 5.41) is 9.69. The van der Waals surface area contributed by atoms with E-state index in [0.29, 0.717) is 16.7 Å². The Bertz CT molecular complexity index is 1090. The lowest BCUT2D eigenvalue weighted by Crippen LogP contribution is -2.20. The van der Waals surface area contributed by atoms with E-state index in [0.717, 1.165) is 34.1 Å². The van der Waals surface area contributed by atoms with Gasteiger partial charge in [-0.15, -0.1) is 0 Å². The minimum Gasteiger partial charge on any atom is -0.305 e. The second-order valence-corrected chi connectivity index (χ2v) is 7.63. The summed E-state index contributed by atoms with van der Waals surface area (Å²) in [6.45, 7) is 4.57. The molecule has 0 aliphatic rings. The number of ketones is 1. The Kier molecular flexibility index (Phi) is 6.06. The molecule has 6 nitrogen and oxygen atoms in total. The molecule has 6 heteroatoms. The van der Waals surface area contributed by atoms with E-state index < -0.39 is 5.91 Å². The van der Waals surface area contributed by atoms with E-state index in [9.17, 15) is 9.59 Å². The second kappa shape index (κ2) is 8.51. The molecule has 0 atom stereocenters. The number of aryl methyl sites for hydroxylation is 2. The number of carbonyl (C=O) groups is 2. The predicted octanol–water partition coefficient (Wildman–Crippen LogP) is 3.46. The van der Waals surface area contributed by atoms with Crippen LogP contribution in [-0.4, -0.2) is 40.9 Å². The number of hydrogen-bond donors (Lipinski definition) is 2. The van der Waals surface area contributed by atoms with Crippen LogP contribution in [0.4, 0.5) is 0 Å². The molecule has 2 N–H and O–H groups in total. The highest BCUT2D eigenvalue weighted by Gasteiger charge is 2.14. The number of aromatic nitrogens is 1. The maximum atomic E-state index is 12.9. The zero-order valence-corrected chi connectivity index (χ0v) is 17.1. The van der Waals surface area contributed by atoms with Crippen LogP contribution < -0.4 is 5.48 Å². The maximum absolute atomic E-state index is 12.9. The molecule has 3 rings (SSSR count). The summed E-state index contributed by atoms with van der Waals surface area (Å²) in [4.78, 5) is 31.1. The topological polar surface area (TPSA) is 82.5 Å². The third-order valence-corrected chi connectivity index (χ3v) is 4.87. The first-order valence-electron chi connectivity index (χ1n) is 9.39. The predicted molar refractivity (Wildman–Crippen MR) is 112 cm³/mol. The van der Waals surface area contributed by atoms with Gasteiger partial charge in [-0.25, -0.2) is 5.48 Å². The molecule has 0 saturated carbocycles. The van der Waals surface area contributed by atoms with Crippen LogP contribution in [0.2, 0.25) is 0 Å². The Hall–Kier alpha value is -3.09. The van der Waals surface area contributed by atoms with Gasteiger partial charge in [0.25, 0.3) is 5.91 Å². The maximum Gasteiger partial charge on any atom is 0.276 e. The van der Waals surface area contributed by atoms with Crippen LogP contribution in [-0.2, 0) is 13.0 Å². The minimum atomic E-state index is -0.605. The molecule has 0 aliphatic carbocycles. The van der Waals surface area contributed by atoms with Crippen molar-refractivity contribution in [2.45, 2.75) is 26.8 Å². The van der Waals surface area contributed by atoms with Gasteiger partial charge in [-0.1, -0.05) is 17.7 Å². The van der Waals surface area contributed by atoms with Crippen LogP contribution in [0.5, 0.6) is 0 Å². The van der Waals surface area contributed by atoms with Crippen molar-refractivity contribution in [2.24, 2.45) is 0 Å². The first kappa shape index (κ1) is 20.6. The third-order valence-electron chi connectivity index (χ3n) is 4.87. The van der Waals surface area contributed by atoms with Crippen LogP contribution >= 0.6 is 0 Å². The van der Waals surface area contributed by atoms with Crippen LogP contribution in [0.25, 0.3) is 10.9 Å². The Morgan fingerprint density at radius 2 is 1.83 bits per heavy atom. The zero-order chi connectivity index (χ0) is 21.1. The van der Waals surface area contributed by atoms with Crippen LogP contribution in [0, 0.1) is 13.8 Å². The van der Waals surface area contributed by atoms with Gasteiger partial charge < -0.3 is 4.90 Å². The van der Waals surface area contributed by atoms with E-state index in [1.807, 2.05) is 51.4 Å². The van der Waals surface area contributed by atoms with Gasteiger partial charge in [-0.2, -0.15) is 0 Å². The van der Waals surface area contributed by atoms with E-state index in [-0.39, 0.29) is 12.2 Å². The van der Waals surface area contributed by atoms with Crippen LogP contribution in [0.15, 0.2) is 42.6 Å². The molecule has 2 aromatic carbocycles. The molecule has 0 bridgehead atoms. The van der Waals surface area contributed by atoms with E-state index in [4.69, 9.17) is 5.21 Å². The molecule has 0 unspecified atom stereocenters. The molecular formula is C23H25N3O3. The lowest BCUT2D eigenvalue weighted by atomic mass is 9.96. The number of amides is 1. The molecule has 1 heterocycles. The number of hydrogen-bond acceptors (Lipinski definition) is 5. The smallest absolute Gasteiger partial charge is 0.276 e. The van der Waals surface area contributed by atoms with Crippen molar-refractivity contribution in [1.29, 1.82) is 0 Å². The number of carbonyl (C=O) groups excluding carboxylic acids is 2. The fourth-order valence-electron chi connectivity index (χ4n) is 3.54. The summed E-state index contributed by atoms with van der Waals surface area (Å²) in [6, 6.07) is 11.6. The Morgan fingerprint density at radius 3 is 2.52 bits per heavy atom. The number of benzene rings is 2. The van der Waals surface area contributed by atoms with E-state index >= 15 is 0 Å². The normalized spacial score (nSPS) is 11.1. The number of nitrogens with one attached hydrogen (secondary N) is 1. The highest BCUT2D eigenvalue weighted by Crippen LogP contribution is 2.22. The number of hydroxylamine groups is 1. The van der Waals surface area contributed by atoms with E-state index in [1.165, 1.54) is 6.20 Å². The quantitative estimate of drug-likeness (QED) is 0.382. The van der Waals surface area contributed by atoms with Gasteiger partial charge in [-0.3, -0.25) is 19.8 Å². The molecule has 1 amide bonds. The lowest BCUT2D eigenvalue weighted by Gasteiger charge is -2.12. The average Bonchev–Trinajstić information content (AvgIpc) is 2.67. The van der Waals surface area contributed by atoms with Gasteiger partial charge in [0.2, 0.25) is 0 Å². The molecule has 3 aromatic rings. The van der Waals surface area contributed by atoms with Gasteiger partial charge in [-0.05, 0) is 68.9 Å². The van der Waals surface area contributed by atoms with Gasteiger partial charge in [0.1, 0.15) is 0 Å². The van der Waals surface area contributed by atoms with E-state index in [1.54, 1.807) is 12.4 Å². The Balaban J connectivity index is 1.92. The van der Waals surface area contributed by atoms with Crippen molar-refractivity contribution in [3.63, 3.8) is 0 Å². The highest BCUT2D eigenvalue weighted by atomic mass is 16.5.